The molecule has 0 radical (unpaired) electrons. The smallest absolute Gasteiger partial charge is 0.0632 e. The third-order valence-corrected chi connectivity index (χ3v) is 4.10. The first-order chi connectivity index (χ1) is 9.15. The highest BCUT2D eigenvalue weighted by molar-refractivity contribution is 9.10. The van der Waals surface area contributed by atoms with E-state index in [1.807, 2.05) is 0 Å². The monoisotopic (exact) mass is 326 g/mol. The molecule has 1 aliphatic heterocycles. The molecule has 0 bridgehead atoms. The first-order valence-corrected chi connectivity index (χ1v) is 7.69. The van der Waals surface area contributed by atoms with Crippen LogP contribution < -0.4 is 5.32 Å². The molecule has 1 aromatic rings. The highest BCUT2D eigenvalue weighted by Crippen LogP contribution is 2.16. The van der Waals surface area contributed by atoms with Crippen molar-refractivity contribution in [2.75, 3.05) is 39.9 Å². The quantitative estimate of drug-likeness (QED) is 0.898. The number of benzene rings is 1. The molecule has 0 amide bonds. The maximum atomic E-state index is 5.49. The number of nitrogens with zero attached hydrogens (tertiary/aromatic N) is 1. The Bertz CT molecular complexity index is 405. The maximum Gasteiger partial charge on any atom is 0.0632 e. The Morgan fingerprint density at radius 1 is 1.47 bits per heavy atom. The molecule has 106 valence electrons. The lowest BCUT2D eigenvalue weighted by atomic mass is 10.1. The summed E-state index contributed by atoms with van der Waals surface area (Å²) < 4.78 is 6.65. The Balaban J connectivity index is 1.79. The van der Waals surface area contributed by atoms with Crippen molar-refractivity contribution in [3.8, 4) is 0 Å². The van der Waals surface area contributed by atoms with Gasteiger partial charge in [-0.3, -0.25) is 0 Å². The fraction of sp³-hybridized carbons (Fsp3) is 0.600. The minimum Gasteiger partial charge on any atom is -0.378 e. The van der Waals surface area contributed by atoms with Gasteiger partial charge in [0.1, 0.15) is 0 Å². The van der Waals surface area contributed by atoms with Gasteiger partial charge in [-0.25, -0.2) is 0 Å². The van der Waals surface area contributed by atoms with Crippen LogP contribution >= 0.6 is 15.9 Å². The average molecular weight is 327 g/mol. The number of ether oxygens (including phenoxy) is 1. The molecule has 19 heavy (non-hydrogen) atoms. The zero-order valence-electron chi connectivity index (χ0n) is 11.8. The topological polar surface area (TPSA) is 24.5 Å². The Kier molecular flexibility index (Phi) is 5.82. The summed E-state index contributed by atoms with van der Waals surface area (Å²) in [6.07, 6.45) is 1.09. The van der Waals surface area contributed by atoms with E-state index in [0.29, 0.717) is 6.04 Å². The lowest BCUT2D eigenvalue weighted by Crippen LogP contribution is -2.47. The minimum absolute atomic E-state index is 0.474. The predicted octanol–water partition coefficient (Wildman–Crippen LogP) is 2.22. The summed E-state index contributed by atoms with van der Waals surface area (Å²) in [6.45, 7) is 6.96. The molecular weight excluding hydrogens is 304 g/mol. The van der Waals surface area contributed by atoms with Crippen LogP contribution in [0.5, 0.6) is 0 Å². The van der Waals surface area contributed by atoms with Gasteiger partial charge in [-0.15, -0.1) is 0 Å². The molecule has 4 heteroatoms. The number of aryl methyl sites for hydroxylation is 1. The molecule has 1 aromatic carbocycles. The van der Waals surface area contributed by atoms with Crippen molar-refractivity contribution in [3.05, 3.63) is 33.8 Å². The number of nitrogens with one attached hydrogen (secondary N) is 1. The third kappa shape index (κ3) is 4.88. The van der Waals surface area contributed by atoms with Gasteiger partial charge < -0.3 is 15.0 Å². The van der Waals surface area contributed by atoms with Crippen LogP contribution in [-0.4, -0.2) is 50.8 Å². The van der Waals surface area contributed by atoms with Crippen molar-refractivity contribution in [1.82, 2.24) is 10.2 Å². The Labute approximate surface area is 124 Å². The standard InChI is InChI=1S/C15H23BrN2O/c1-12-3-4-14(16)9-13(12)5-7-18(2)10-15-11-19-8-6-17-15/h3-4,9,15,17H,5-8,10-11H2,1-2H3. The molecule has 1 heterocycles. The fourth-order valence-corrected chi connectivity index (χ4v) is 2.83. The lowest BCUT2D eigenvalue weighted by molar-refractivity contribution is 0.0655. The average Bonchev–Trinajstić information content (AvgIpc) is 2.41. The van der Waals surface area contributed by atoms with E-state index < -0.39 is 0 Å². The highest BCUT2D eigenvalue weighted by Gasteiger charge is 2.14. The second-order valence-corrected chi connectivity index (χ2v) is 6.22. The second kappa shape index (κ2) is 7.39. The van der Waals surface area contributed by atoms with Crippen LogP contribution in [0, 0.1) is 6.92 Å². The summed E-state index contributed by atoms with van der Waals surface area (Å²) in [5, 5.41) is 3.49. The van der Waals surface area contributed by atoms with Gasteiger partial charge in [0.15, 0.2) is 0 Å². The number of hydrogen-bond donors (Lipinski definition) is 1. The molecule has 1 atom stereocenters. The van der Waals surface area contributed by atoms with Gasteiger partial charge in [0, 0.05) is 30.1 Å². The second-order valence-electron chi connectivity index (χ2n) is 5.31. The number of morpholine rings is 1. The zero-order valence-corrected chi connectivity index (χ0v) is 13.4. The molecule has 1 N–H and O–H groups in total. The van der Waals surface area contributed by atoms with Crippen LogP contribution in [0.2, 0.25) is 0 Å². The van der Waals surface area contributed by atoms with Crippen molar-refractivity contribution >= 4 is 15.9 Å². The van der Waals surface area contributed by atoms with Crippen molar-refractivity contribution < 1.29 is 4.74 Å². The first kappa shape index (κ1) is 15.0. The van der Waals surface area contributed by atoms with Gasteiger partial charge in [0.2, 0.25) is 0 Å². The minimum atomic E-state index is 0.474. The van der Waals surface area contributed by atoms with Crippen molar-refractivity contribution in [3.63, 3.8) is 0 Å². The van der Waals surface area contributed by atoms with E-state index in [0.717, 1.165) is 43.7 Å². The number of hydrogen-bond acceptors (Lipinski definition) is 3. The van der Waals surface area contributed by atoms with E-state index in [9.17, 15) is 0 Å². The van der Waals surface area contributed by atoms with Crippen molar-refractivity contribution in [2.45, 2.75) is 19.4 Å². The van der Waals surface area contributed by atoms with Crippen LogP contribution in [-0.2, 0) is 11.2 Å². The first-order valence-electron chi connectivity index (χ1n) is 6.90. The molecule has 0 saturated carbocycles. The molecule has 1 fully saturated rings. The fourth-order valence-electron chi connectivity index (χ4n) is 2.43. The van der Waals surface area contributed by atoms with Crippen LogP contribution in [0.1, 0.15) is 11.1 Å². The SMILES string of the molecule is Cc1ccc(Br)cc1CCN(C)CC1COCCN1. The van der Waals surface area contributed by atoms with Gasteiger partial charge in [0.05, 0.1) is 13.2 Å². The summed E-state index contributed by atoms with van der Waals surface area (Å²) >= 11 is 3.54. The summed E-state index contributed by atoms with van der Waals surface area (Å²) in [4.78, 5) is 2.38. The number of rotatable bonds is 5. The molecule has 1 aliphatic rings. The molecule has 0 spiro atoms. The van der Waals surface area contributed by atoms with Crippen LogP contribution in [0.3, 0.4) is 0 Å². The van der Waals surface area contributed by atoms with E-state index in [1.54, 1.807) is 0 Å². The normalized spacial score (nSPS) is 19.9. The van der Waals surface area contributed by atoms with E-state index in [2.05, 4.69) is 58.3 Å². The van der Waals surface area contributed by atoms with Gasteiger partial charge in [-0.1, -0.05) is 22.0 Å². The van der Waals surface area contributed by atoms with Gasteiger partial charge in [-0.05, 0) is 43.7 Å². The largest absolute Gasteiger partial charge is 0.378 e. The number of likely N-dealkylation sites (N-methyl/N-ethyl adjacent to an activating group) is 1. The van der Waals surface area contributed by atoms with E-state index >= 15 is 0 Å². The van der Waals surface area contributed by atoms with Crippen molar-refractivity contribution in [2.24, 2.45) is 0 Å². The van der Waals surface area contributed by atoms with Crippen molar-refractivity contribution in [1.29, 1.82) is 0 Å². The van der Waals surface area contributed by atoms with Gasteiger partial charge >= 0.3 is 0 Å². The molecule has 0 aliphatic carbocycles. The molecular formula is C15H23BrN2O. The summed E-state index contributed by atoms with van der Waals surface area (Å²) in [5.41, 5.74) is 2.80. The van der Waals surface area contributed by atoms with E-state index in [4.69, 9.17) is 4.74 Å². The van der Waals surface area contributed by atoms with E-state index in [-0.39, 0.29) is 0 Å². The highest BCUT2D eigenvalue weighted by atomic mass is 79.9. The predicted molar refractivity (Wildman–Crippen MR) is 82.7 cm³/mol. The lowest BCUT2D eigenvalue weighted by Gasteiger charge is -2.28. The number of halogens is 1. The van der Waals surface area contributed by atoms with Crippen LogP contribution in [0.4, 0.5) is 0 Å². The third-order valence-electron chi connectivity index (χ3n) is 3.60. The zero-order chi connectivity index (χ0) is 13.7. The van der Waals surface area contributed by atoms with Gasteiger partial charge in [0.25, 0.3) is 0 Å². The van der Waals surface area contributed by atoms with Crippen LogP contribution in [0.15, 0.2) is 22.7 Å². The Morgan fingerprint density at radius 3 is 3.05 bits per heavy atom. The molecule has 1 saturated heterocycles. The summed E-state index contributed by atoms with van der Waals surface area (Å²) in [5.74, 6) is 0. The molecule has 1 unspecified atom stereocenters. The molecule has 0 aromatic heterocycles. The maximum absolute atomic E-state index is 5.49. The molecule has 2 rings (SSSR count). The molecule has 3 nitrogen and oxygen atoms in total. The summed E-state index contributed by atoms with van der Waals surface area (Å²) in [7, 11) is 2.18. The van der Waals surface area contributed by atoms with Gasteiger partial charge in [-0.2, -0.15) is 0 Å². The van der Waals surface area contributed by atoms with Crippen LogP contribution in [0.25, 0.3) is 0 Å². The van der Waals surface area contributed by atoms with E-state index in [1.165, 1.54) is 11.1 Å². The summed E-state index contributed by atoms with van der Waals surface area (Å²) in [6, 6.07) is 6.98. The Morgan fingerprint density at radius 2 is 2.32 bits per heavy atom. The Hall–Kier alpha value is -0.420.